The molecule has 154 valence electrons. The molecule has 0 amide bonds. The minimum Gasteiger partial charge on any atom is -0.493 e. The van der Waals surface area contributed by atoms with Crippen molar-refractivity contribution in [3.63, 3.8) is 0 Å². The molecule has 1 unspecified atom stereocenters. The van der Waals surface area contributed by atoms with Gasteiger partial charge in [0.05, 0.1) is 26.2 Å². The number of Topliss-reactive ketones (excluding diaryl/α,β-unsaturated/α-hetero) is 1. The van der Waals surface area contributed by atoms with Crippen molar-refractivity contribution in [1.82, 2.24) is 0 Å². The van der Waals surface area contributed by atoms with Gasteiger partial charge in [0.2, 0.25) is 0 Å². The van der Waals surface area contributed by atoms with Crippen LogP contribution < -0.4 is 4.74 Å². The zero-order chi connectivity index (χ0) is 21.1. The fourth-order valence-electron chi connectivity index (χ4n) is 2.81. The van der Waals surface area contributed by atoms with Crippen LogP contribution in [0.2, 0.25) is 0 Å². The molecule has 0 N–H and O–H groups in total. The largest absolute Gasteiger partial charge is 0.493 e. The minimum absolute atomic E-state index is 0.149. The van der Waals surface area contributed by atoms with E-state index in [4.69, 9.17) is 14.2 Å². The Hall–Kier alpha value is -3.15. The molecule has 0 heterocycles. The summed E-state index contributed by atoms with van der Waals surface area (Å²) >= 11 is 0. The Morgan fingerprint density at radius 3 is 2.31 bits per heavy atom. The Labute approximate surface area is 170 Å². The number of carbonyl (C=O) groups is 3. The van der Waals surface area contributed by atoms with Crippen LogP contribution in [0.15, 0.2) is 54.6 Å². The number of esters is 2. The molecular weight excluding hydrogens is 372 g/mol. The molecule has 0 fully saturated rings. The van der Waals surface area contributed by atoms with E-state index < -0.39 is 11.9 Å². The molecule has 0 aliphatic rings. The maximum Gasteiger partial charge on any atom is 0.317 e. The fraction of sp³-hybridized carbons (Fsp3) is 0.348. The van der Waals surface area contributed by atoms with Gasteiger partial charge in [0.15, 0.2) is 5.78 Å². The minimum atomic E-state index is -0.938. The van der Waals surface area contributed by atoms with E-state index in [0.717, 1.165) is 5.56 Å². The van der Waals surface area contributed by atoms with Gasteiger partial charge < -0.3 is 14.2 Å². The van der Waals surface area contributed by atoms with Crippen LogP contribution in [0.5, 0.6) is 5.75 Å². The molecule has 0 aliphatic carbocycles. The smallest absolute Gasteiger partial charge is 0.317 e. The number of ether oxygens (including phenoxy) is 3. The third kappa shape index (κ3) is 7.07. The number of rotatable bonds is 11. The second-order valence-electron chi connectivity index (χ2n) is 6.29. The van der Waals surface area contributed by atoms with Crippen LogP contribution in [0, 0.1) is 5.92 Å². The summed E-state index contributed by atoms with van der Waals surface area (Å²) in [5.41, 5.74) is 1.23. The molecule has 2 rings (SSSR count). The van der Waals surface area contributed by atoms with Crippen LogP contribution >= 0.6 is 0 Å². The summed E-state index contributed by atoms with van der Waals surface area (Å²) in [6.45, 7) is 4.18. The van der Waals surface area contributed by atoms with Crippen molar-refractivity contribution in [1.29, 1.82) is 0 Å². The fourth-order valence-corrected chi connectivity index (χ4v) is 2.81. The van der Waals surface area contributed by atoms with Gasteiger partial charge in [-0.15, -0.1) is 0 Å². The van der Waals surface area contributed by atoms with Crippen molar-refractivity contribution < 1.29 is 28.6 Å². The van der Waals surface area contributed by atoms with Crippen molar-refractivity contribution in [2.75, 3.05) is 19.8 Å². The quantitative estimate of drug-likeness (QED) is 0.327. The zero-order valence-corrected chi connectivity index (χ0v) is 16.8. The lowest BCUT2D eigenvalue weighted by Crippen LogP contribution is -2.28. The Balaban J connectivity index is 2.09. The van der Waals surface area contributed by atoms with E-state index in [9.17, 15) is 14.4 Å². The first-order valence-electron chi connectivity index (χ1n) is 9.68. The highest BCUT2D eigenvalue weighted by atomic mass is 16.5. The van der Waals surface area contributed by atoms with Crippen molar-refractivity contribution >= 4 is 17.7 Å². The Morgan fingerprint density at radius 1 is 0.897 bits per heavy atom. The van der Waals surface area contributed by atoms with Gasteiger partial charge in [0.25, 0.3) is 0 Å². The topological polar surface area (TPSA) is 78.9 Å². The highest BCUT2D eigenvalue weighted by Gasteiger charge is 2.29. The highest BCUT2D eigenvalue weighted by molar-refractivity contribution is 6.08. The van der Waals surface area contributed by atoms with Crippen LogP contribution in [-0.2, 0) is 25.5 Å². The second-order valence-corrected chi connectivity index (χ2v) is 6.29. The molecule has 0 aliphatic heterocycles. The third-order valence-corrected chi connectivity index (χ3v) is 4.16. The van der Waals surface area contributed by atoms with E-state index in [1.54, 1.807) is 56.3 Å². The van der Waals surface area contributed by atoms with Gasteiger partial charge in [0.1, 0.15) is 11.7 Å². The lowest BCUT2D eigenvalue weighted by atomic mass is 9.91. The summed E-state index contributed by atoms with van der Waals surface area (Å²) in [6.07, 6.45) is 0.345. The SMILES string of the molecule is CCOC(=O)CCOc1cccc(CC(C(=O)OCC)C(=O)c2ccccc2)c1. The Bertz CT molecular complexity index is 815. The maximum atomic E-state index is 12.9. The summed E-state index contributed by atoms with van der Waals surface area (Å²) in [4.78, 5) is 36.7. The average Bonchev–Trinajstić information content (AvgIpc) is 2.73. The summed E-state index contributed by atoms with van der Waals surface area (Å²) in [6, 6.07) is 15.8. The van der Waals surface area contributed by atoms with Gasteiger partial charge in [0, 0.05) is 5.56 Å². The van der Waals surface area contributed by atoms with Gasteiger partial charge >= 0.3 is 11.9 Å². The normalized spacial score (nSPS) is 11.4. The van der Waals surface area contributed by atoms with Crippen molar-refractivity contribution in [3.05, 3.63) is 65.7 Å². The first kappa shape index (κ1) is 22.1. The molecule has 29 heavy (non-hydrogen) atoms. The predicted molar refractivity (Wildman–Crippen MR) is 108 cm³/mol. The monoisotopic (exact) mass is 398 g/mol. The summed E-state index contributed by atoms with van der Waals surface area (Å²) in [5, 5.41) is 0. The first-order valence-corrected chi connectivity index (χ1v) is 9.68. The van der Waals surface area contributed by atoms with Crippen LogP contribution in [0.4, 0.5) is 0 Å². The molecule has 0 bridgehead atoms. The Morgan fingerprint density at radius 2 is 1.62 bits per heavy atom. The number of benzene rings is 2. The van der Waals surface area contributed by atoms with E-state index in [1.807, 2.05) is 12.1 Å². The van der Waals surface area contributed by atoms with Crippen molar-refractivity contribution in [3.8, 4) is 5.75 Å². The molecule has 0 aromatic heterocycles. The number of hydrogen-bond donors (Lipinski definition) is 0. The lowest BCUT2D eigenvalue weighted by Gasteiger charge is -2.15. The van der Waals surface area contributed by atoms with E-state index in [1.165, 1.54) is 0 Å². The predicted octanol–water partition coefficient (Wildman–Crippen LogP) is 3.62. The van der Waals surface area contributed by atoms with Gasteiger partial charge in [-0.05, 0) is 38.0 Å². The van der Waals surface area contributed by atoms with Crippen molar-refractivity contribution in [2.45, 2.75) is 26.7 Å². The van der Waals surface area contributed by atoms with E-state index in [2.05, 4.69) is 0 Å². The van der Waals surface area contributed by atoms with Crippen LogP contribution in [0.3, 0.4) is 0 Å². The number of ketones is 1. The van der Waals surface area contributed by atoms with E-state index in [0.29, 0.717) is 17.9 Å². The van der Waals surface area contributed by atoms with E-state index >= 15 is 0 Å². The lowest BCUT2D eigenvalue weighted by molar-refractivity contribution is -0.146. The number of carbonyl (C=O) groups excluding carboxylic acids is 3. The average molecular weight is 398 g/mol. The molecule has 2 aromatic rings. The van der Waals surface area contributed by atoms with Crippen molar-refractivity contribution in [2.24, 2.45) is 5.92 Å². The third-order valence-electron chi connectivity index (χ3n) is 4.16. The molecule has 0 spiro atoms. The highest BCUT2D eigenvalue weighted by Crippen LogP contribution is 2.20. The van der Waals surface area contributed by atoms with Crippen LogP contribution in [-0.4, -0.2) is 37.5 Å². The molecule has 2 aromatic carbocycles. The second kappa shape index (κ2) is 11.6. The van der Waals surface area contributed by atoms with Gasteiger partial charge in [-0.3, -0.25) is 14.4 Å². The standard InChI is InChI=1S/C23H26O6/c1-3-27-21(24)13-14-29-19-12-8-9-17(15-19)16-20(23(26)28-4-2)22(25)18-10-6-5-7-11-18/h5-12,15,20H,3-4,13-14,16H2,1-2H3. The van der Waals surface area contributed by atoms with Crippen LogP contribution in [0.25, 0.3) is 0 Å². The van der Waals surface area contributed by atoms with E-state index in [-0.39, 0.29) is 37.8 Å². The summed E-state index contributed by atoms with van der Waals surface area (Å²) < 4.78 is 15.6. The molecule has 0 saturated carbocycles. The molecule has 1 atom stereocenters. The first-order chi connectivity index (χ1) is 14.0. The molecule has 0 saturated heterocycles. The van der Waals surface area contributed by atoms with Gasteiger partial charge in [-0.1, -0.05) is 42.5 Å². The molecule has 0 radical (unpaired) electrons. The number of hydrogen-bond acceptors (Lipinski definition) is 6. The molecule has 6 heteroatoms. The maximum absolute atomic E-state index is 12.9. The Kier molecular flexibility index (Phi) is 8.89. The zero-order valence-electron chi connectivity index (χ0n) is 16.8. The summed E-state index contributed by atoms with van der Waals surface area (Å²) in [5.74, 6) is -1.53. The van der Waals surface area contributed by atoms with Crippen LogP contribution in [0.1, 0.15) is 36.2 Å². The van der Waals surface area contributed by atoms with Gasteiger partial charge in [-0.2, -0.15) is 0 Å². The summed E-state index contributed by atoms with van der Waals surface area (Å²) in [7, 11) is 0. The van der Waals surface area contributed by atoms with Gasteiger partial charge in [-0.25, -0.2) is 0 Å². The molecular formula is C23H26O6. The molecule has 6 nitrogen and oxygen atoms in total.